The molecule has 3 rings (SSSR count). The van der Waals surface area contributed by atoms with Gasteiger partial charge in [0.25, 0.3) is 0 Å². The van der Waals surface area contributed by atoms with Gasteiger partial charge in [-0.3, -0.25) is 0 Å². The Bertz CT molecular complexity index is 694. The number of hydrogen-bond acceptors (Lipinski definition) is 4. The molecule has 0 bridgehead atoms. The Labute approximate surface area is 105 Å². The van der Waals surface area contributed by atoms with E-state index < -0.39 is 0 Å². The Morgan fingerprint density at radius 2 is 1.61 bits per heavy atom. The fourth-order valence-corrected chi connectivity index (χ4v) is 1.99. The molecule has 0 spiro atoms. The summed E-state index contributed by atoms with van der Waals surface area (Å²) in [5.41, 5.74) is 10.1. The van der Waals surface area contributed by atoms with Crippen LogP contribution in [0.3, 0.4) is 0 Å². The molecule has 0 radical (unpaired) electrons. The largest absolute Gasteiger partial charge is 0.382 e. The van der Waals surface area contributed by atoms with Gasteiger partial charge in [-0.1, -0.05) is 18.2 Å². The Hall–Kier alpha value is -2.20. The molecule has 0 atom stereocenters. The highest BCUT2D eigenvalue weighted by Crippen LogP contribution is 2.22. The summed E-state index contributed by atoms with van der Waals surface area (Å²) in [4.78, 5) is 9.28. The number of fused-ring (bicyclic) bond motifs is 2. The quantitative estimate of drug-likeness (QED) is 0.686. The number of para-hydroxylation sites is 3. The van der Waals surface area contributed by atoms with Gasteiger partial charge in [-0.15, -0.1) is 0 Å². The third-order valence-electron chi connectivity index (χ3n) is 2.83. The predicted molar refractivity (Wildman–Crippen MR) is 74.6 cm³/mol. The van der Waals surface area contributed by atoms with Crippen molar-refractivity contribution in [1.29, 1.82) is 0 Å². The van der Waals surface area contributed by atoms with Gasteiger partial charge in [-0.05, 0) is 24.3 Å². The highest BCUT2D eigenvalue weighted by Gasteiger charge is 2.04. The number of benzene rings is 2. The minimum atomic E-state index is 0.595. The first-order chi connectivity index (χ1) is 8.88. The molecular formula is C14H14N4. The van der Waals surface area contributed by atoms with Gasteiger partial charge in [0.15, 0.2) is 0 Å². The molecule has 0 unspecified atom stereocenters. The van der Waals surface area contributed by atoms with Crippen molar-refractivity contribution in [3.05, 3.63) is 42.5 Å². The van der Waals surface area contributed by atoms with Crippen LogP contribution in [0.2, 0.25) is 0 Å². The fourth-order valence-electron chi connectivity index (χ4n) is 1.99. The van der Waals surface area contributed by atoms with Gasteiger partial charge in [0.2, 0.25) is 0 Å². The molecule has 1 heterocycles. The summed E-state index contributed by atoms with van der Waals surface area (Å²) in [6.45, 7) is 1.32. The van der Waals surface area contributed by atoms with E-state index in [-0.39, 0.29) is 0 Å². The van der Waals surface area contributed by atoms with Crippen LogP contribution in [0.1, 0.15) is 0 Å². The third-order valence-corrected chi connectivity index (χ3v) is 2.83. The molecule has 0 saturated heterocycles. The lowest BCUT2D eigenvalue weighted by Crippen LogP contribution is -2.13. The van der Waals surface area contributed by atoms with Gasteiger partial charge in [-0.2, -0.15) is 0 Å². The molecule has 4 heteroatoms. The number of rotatable bonds is 3. The van der Waals surface area contributed by atoms with Crippen molar-refractivity contribution in [2.45, 2.75) is 0 Å². The van der Waals surface area contributed by atoms with E-state index in [4.69, 9.17) is 5.73 Å². The zero-order valence-corrected chi connectivity index (χ0v) is 9.93. The van der Waals surface area contributed by atoms with E-state index in [9.17, 15) is 0 Å². The van der Waals surface area contributed by atoms with Crippen LogP contribution in [0.5, 0.6) is 0 Å². The van der Waals surface area contributed by atoms with Crippen molar-refractivity contribution in [2.75, 3.05) is 18.4 Å². The standard InChI is InChI=1S/C14H14N4/c15-8-9-16-12-6-3-7-13-14(12)18-11-5-2-1-4-10(11)17-13/h1-7,16H,8-9,15H2. The first-order valence-electron chi connectivity index (χ1n) is 5.98. The molecule has 0 fully saturated rings. The zero-order chi connectivity index (χ0) is 12.4. The summed E-state index contributed by atoms with van der Waals surface area (Å²) in [7, 11) is 0. The van der Waals surface area contributed by atoms with E-state index in [0.717, 1.165) is 34.3 Å². The van der Waals surface area contributed by atoms with E-state index in [1.54, 1.807) is 0 Å². The Balaban J connectivity index is 2.22. The lowest BCUT2D eigenvalue weighted by atomic mass is 10.2. The average Bonchev–Trinajstić information content (AvgIpc) is 2.43. The second kappa shape index (κ2) is 4.58. The van der Waals surface area contributed by atoms with Crippen LogP contribution < -0.4 is 11.1 Å². The van der Waals surface area contributed by atoms with Crippen LogP contribution in [-0.4, -0.2) is 23.1 Å². The number of nitrogens with two attached hydrogens (primary N) is 1. The highest BCUT2D eigenvalue weighted by atomic mass is 14.9. The minimum absolute atomic E-state index is 0.595. The zero-order valence-electron chi connectivity index (χ0n) is 9.93. The molecule has 0 aliphatic carbocycles. The van der Waals surface area contributed by atoms with Crippen LogP contribution in [0.15, 0.2) is 42.5 Å². The molecule has 3 aromatic rings. The number of nitrogens with zero attached hydrogens (tertiary/aromatic N) is 2. The van der Waals surface area contributed by atoms with E-state index in [1.807, 2.05) is 42.5 Å². The number of hydrogen-bond donors (Lipinski definition) is 2. The minimum Gasteiger partial charge on any atom is -0.382 e. The maximum absolute atomic E-state index is 5.51. The normalized spacial score (nSPS) is 10.9. The summed E-state index contributed by atoms with van der Waals surface area (Å²) >= 11 is 0. The van der Waals surface area contributed by atoms with Crippen molar-refractivity contribution in [3.8, 4) is 0 Å². The second-order valence-electron chi connectivity index (χ2n) is 4.10. The van der Waals surface area contributed by atoms with Crippen LogP contribution in [0.25, 0.3) is 22.1 Å². The lowest BCUT2D eigenvalue weighted by Gasteiger charge is -2.08. The Kier molecular flexibility index (Phi) is 2.78. The molecule has 0 aliphatic rings. The summed E-state index contributed by atoms with van der Waals surface area (Å²) in [6.07, 6.45) is 0. The highest BCUT2D eigenvalue weighted by molar-refractivity contribution is 5.93. The maximum Gasteiger partial charge on any atom is 0.113 e. The number of anilines is 1. The van der Waals surface area contributed by atoms with Crippen molar-refractivity contribution in [1.82, 2.24) is 9.97 Å². The van der Waals surface area contributed by atoms with Crippen molar-refractivity contribution in [2.24, 2.45) is 5.73 Å². The predicted octanol–water partition coefficient (Wildman–Crippen LogP) is 2.15. The molecular weight excluding hydrogens is 224 g/mol. The molecule has 3 N–H and O–H groups in total. The van der Waals surface area contributed by atoms with Crippen LogP contribution in [0, 0.1) is 0 Å². The molecule has 18 heavy (non-hydrogen) atoms. The van der Waals surface area contributed by atoms with E-state index in [1.165, 1.54) is 0 Å². The van der Waals surface area contributed by atoms with Crippen LogP contribution >= 0.6 is 0 Å². The Morgan fingerprint density at radius 3 is 2.39 bits per heavy atom. The number of nitrogens with one attached hydrogen (secondary N) is 1. The van der Waals surface area contributed by atoms with E-state index in [0.29, 0.717) is 6.54 Å². The summed E-state index contributed by atoms with van der Waals surface area (Å²) in [5.74, 6) is 0. The lowest BCUT2D eigenvalue weighted by molar-refractivity contribution is 1.03. The topological polar surface area (TPSA) is 63.8 Å². The monoisotopic (exact) mass is 238 g/mol. The van der Waals surface area contributed by atoms with Crippen LogP contribution in [-0.2, 0) is 0 Å². The maximum atomic E-state index is 5.51. The van der Waals surface area contributed by atoms with Gasteiger partial charge in [0, 0.05) is 13.1 Å². The van der Waals surface area contributed by atoms with Crippen molar-refractivity contribution in [3.63, 3.8) is 0 Å². The summed E-state index contributed by atoms with van der Waals surface area (Å²) in [5, 5.41) is 3.27. The van der Waals surface area contributed by atoms with E-state index >= 15 is 0 Å². The first-order valence-corrected chi connectivity index (χ1v) is 5.98. The van der Waals surface area contributed by atoms with Crippen molar-refractivity contribution >= 4 is 27.8 Å². The second-order valence-corrected chi connectivity index (χ2v) is 4.10. The average molecular weight is 238 g/mol. The summed E-state index contributed by atoms with van der Waals surface area (Å²) < 4.78 is 0. The molecule has 1 aromatic heterocycles. The van der Waals surface area contributed by atoms with Gasteiger partial charge in [-0.25, -0.2) is 9.97 Å². The third kappa shape index (κ3) is 1.87. The molecule has 90 valence electrons. The smallest absolute Gasteiger partial charge is 0.113 e. The van der Waals surface area contributed by atoms with E-state index in [2.05, 4.69) is 15.3 Å². The van der Waals surface area contributed by atoms with Crippen molar-refractivity contribution < 1.29 is 0 Å². The molecule has 0 amide bonds. The van der Waals surface area contributed by atoms with Gasteiger partial charge in [0.1, 0.15) is 5.52 Å². The first kappa shape index (κ1) is 10.9. The molecule has 4 nitrogen and oxygen atoms in total. The van der Waals surface area contributed by atoms with Gasteiger partial charge >= 0.3 is 0 Å². The molecule has 0 aliphatic heterocycles. The SMILES string of the molecule is NCCNc1cccc2nc3ccccc3nc12. The molecule has 2 aromatic carbocycles. The van der Waals surface area contributed by atoms with Crippen LogP contribution in [0.4, 0.5) is 5.69 Å². The summed E-state index contributed by atoms with van der Waals surface area (Å²) in [6, 6.07) is 13.8. The number of aromatic nitrogens is 2. The molecule has 0 saturated carbocycles. The Morgan fingerprint density at radius 1 is 0.889 bits per heavy atom. The van der Waals surface area contributed by atoms with Gasteiger partial charge < -0.3 is 11.1 Å². The van der Waals surface area contributed by atoms with Gasteiger partial charge in [0.05, 0.1) is 22.2 Å². The fraction of sp³-hybridized carbons (Fsp3) is 0.143.